The van der Waals surface area contributed by atoms with Gasteiger partial charge in [-0.3, -0.25) is 0 Å². The van der Waals surface area contributed by atoms with E-state index in [-0.39, 0.29) is 0 Å². The molecule has 3 aromatic rings. The molecule has 21 heavy (non-hydrogen) atoms. The van der Waals surface area contributed by atoms with Gasteiger partial charge in [-0.15, -0.1) is 11.3 Å². The standard InChI is InChI=1S/C15H12ClN3S2/c1-9-7-14(21-12-5-3-11(16)4-6-12)19-15(17-9)13-8-20-10(2)18-13/h3-8H,1-2H3. The van der Waals surface area contributed by atoms with Gasteiger partial charge in [-0.2, -0.15) is 0 Å². The first-order valence-electron chi connectivity index (χ1n) is 6.32. The van der Waals surface area contributed by atoms with Crippen LogP contribution >= 0.6 is 34.7 Å². The Morgan fingerprint density at radius 3 is 2.48 bits per heavy atom. The Labute approximate surface area is 136 Å². The van der Waals surface area contributed by atoms with Gasteiger partial charge in [0, 0.05) is 21.0 Å². The molecule has 0 N–H and O–H groups in total. The molecule has 0 saturated carbocycles. The van der Waals surface area contributed by atoms with Crippen LogP contribution in [-0.4, -0.2) is 15.0 Å². The smallest absolute Gasteiger partial charge is 0.180 e. The molecule has 0 spiro atoms. The first-order chi connectivity index (χ1) is 10.1. The van der Waals surface area contributed by atoms with E-state index in [9.17, 15) is 0 Å². The fraction of sp³-hybridized carbons (Fsp3) is 0.133. The highest BCUT2D eigenvalue weighted by atomic mass is 35.5. The molecule has 6 heteroatoms. The molecular weight excluding hydrogens is 322 g/mol. The fourth-order valence-electron chi connectivity index (χ4n) is 1.80. The van der Waals surface area contributed by atoms with E-state index in [1.165, 1.54) is 0 Å². The third-order valence-electron chi connectivity index (χ3n) is 2.71. The van der Waals surface area contributed by atoms with Gasteiger partial charge in [0.1, 0.15) is 10.7 Å². The average molecular weight is 334 g/mol. The molecule has 0 fully saturated rings. The van der Waals surface area contributed by atoms with Crippen LogP contribution in [0.5, 0.6) is 0 Å². The summed E-state index contributed by atoms with van der Waals surface area (Å²) in [6.45, 7) is 3.95. The molecule has 106 valence electrons. The van der Waals surface area contributed by atoms with Gasteiger partial charge in [0.05, 0.1) is 5.01 Å². The Morgan fingerprint density at radius 1 is 1.05 bits per heavy atom. The van der Waals surface area contributed by atoms with Crippen LogP contribution in [0.4, 0.5) is 0 Å². The Bertz CT molecular complexity index is 769. The second-order valence-corrected chi connectivity index (χ2v) is 7.07. The maximum absolute atomic E-state index is 5.91. The molecule has 0 aliphatic rings. The van der Waals surface area contributed by atoms with Crippen molar-refractivity contribution in [2.75, 3.05) is 0 Å². The molecule has 0 unspecified atom stereocenters. The minimum Gasteiger partial charge on any atom is -0.238 e. The molecule has 0 saturated heterocycles. The quantitative estimate of drug-likeness (QED) is 0.631. The van der Waals surface area contributed by atoms with Gasteiger partial charge in [0.15, 0.2) is 5.82 Å². The summed E-state index contributed by atoms with van der Waals surface area (Å²) in [6, 6.07) is 9.70. The SMILES string of the molecule is Cc1cc(Sc2ccc(Cl)cc2)nc(-c2csc(C)n2)n1. The highest BCUT2D eigenvalue weighted by molar-refractivity contribution is 7.99. The zero-order valence-electron chi connectivity index (χ0n) is 11.5. The van der Waals surface area contributed by atoms with Gasteiger partial charge < -0.3 is 0 Å². The predicted molar refractivity (Wildman–Crippen MR) is 88.2 cm³/mol. The number of nitrogens with zero attached hydrogens (tertiary/aromatic N) is 3. The van der Waals surface area contributed by atoms with Crippen LogP contribution in [0.3, 0.4) is 0 Å². The zero-order chi connectivity index (χ0) is 14.8. The van der Waals surface area contributed by atoms with Crippen molar-refractivity contribution in [2.45, 2.75) is 23.8 Å². The average Bonchev–Trinajstić information content (AvgIpc) is 2.88. The van der Waals surface area contributed by atoms with Crippen LogP contribution in [0.2, 0.25) is 5.02 Å². The summed E-state index contributed by atoms with van der Waals surface area (Å²) < 4.78 is 0. The van der Waals surface area contributed by atoms with Crippen molar-refractivity contribution in [3.63, 3.8) is 0 Å². The largest absolute Gasteiger partial charge is 0.238 e. The molecule has 2 aromatic heterocycles. The predicted octanol–water partition coefficient (Wildman–Crippen LogP) is 5.02. The van der Waals surface area contributed by atoms with Gasteiger partial charge in [-0.25, -0.2) is 15.0 Å². The summed E-state index contributed by atoms with van der Waals surface area (Å²) in [7, 11) is 0. The molecular formula is C15H12ClN3S2. The topological polar surface area (TPSA) is 38.7 Å². The summed E-state index contributed by atoms with van der Waals surface area (Å²) >= 11 is 9.10. The maximum Gasteiger partial charge on any atom is 0.180 e. The van der Waals surface area contributed by atoms with Crippen molar-refractivity contribution in [3.8, 4) is 11.5 Å². The van der Waals surface area contributed by atoms with Crippen molar-refractivity contribution in [2.24, 2.45) is 0 Å². The van der Waals surface area contributed by atoms with Crippen molar-refractivity contribution in [1.29, 1.82) is 0 Å². The van der Waals surface area contributed by atoms with Gasteiger partial charge in [0.2, 0.25) is 0 Å². The molecule has 0 amide bonds. The molecule has 0 aliphatic heterocycles. The van der Waals surface area contributed by atoms with E-state index >= 15 is 0 Å². The lowest BCUT2D eigenvalue weighted by atomic mass is 10.4. The summed E-state index contributed by atoms with van der Waals surface area (Å²) in [6.07, 6.45) is 0. The van der Waals surface area contributed by atoms with E-state index in [0.29, 0.717) is 5.82 Å². The van der Waals surface area contributed by atoms with Gasteiger partial charge in [-0.05, 0) is 44.2 Å². The molecule has 3 nitrogen and oxygen atoms in total. The van der Waals surface area contributed by atoms with Crippen molar-refractivity contribution >= 4 is 34.7 Å². The number of thiazole rings is 1. The van der Waals surface area contributed by atoms with E-state index in [2.05, 4.69) is 15.0 Å². The summed E-state index contributed by atoms with van der Waals surface area (Å²) in [4.78, 5) is 14.6. The second kappa shape index (κ2) is 6.13. The Hall–Kier alpha value is -1.43. The highest BCUT2D eigenvalue weighted by Gasteiger charge is 2.09. The monoisotopic (exact) mass is 333 g/mol. The lowest BCUT2D eigenvalue weighted by Crippen LogP contribution is -1.94. The normalized spacial score (nSPS) is 10.8. The van der Waals surface area contributed by atoms with E-state index in [1.807, 2.05) is 49.6 Å². The Kier molecular flexibility index (Phi) is 4.24. The molecule has 0 radical (unpaired) electrons. The fourth-order valence-corrected chi connectivity index (χ4v) is 3.39. The first kappa shape index (κ1) is 14.5. The van der Waals surface area contributed by atoms with Gasteiger partial charge in [0.25, 0.3) is 0 Å². The number of aryl methyl sites for hydroxylation is 2. The Morgan fingerprint density at radius 2 is 1.81 bits per heavy atom. The first-order valence-corrected chi connectivity index (χ1v) is 8.39. The minimum atomic E-state index is 0.677. The molecule has 3 rings (SSSR count). The minimum absolute atomic E-state index is 0.677. The lowest BCUT2D eigenvalue weighted by molar-refractivity contribution is 1.01. The van der Waals surface area contributed by atoms with Crippen LogP contribution in [0.15, 0.2) is 45.6 Å². The molecule has 2 heterocycles. The van der Waals surface area contributed by atoms with Crippen LogP contribution in [0.25, 0.3) is 11.5 Å². The van der Waals surface area contributed by atoms with E-state index in [1.54, 1.807) is 23.1 Å². The zero-order valence-corrected chi connectivity index (χ0v) is 13.9. The maximum atomic E-state index is 5.91. The van der Waals surface area contributed by atoms with Crippen molar-refractivity contribution < 1.29 is 0 Å². The lowest BCUT2D eigenvalue weighted by Gasteiger charge is -2.04. The highest BCUT2D eigenvalue weighted by Crippen LogP contribution is 2.29. The van der Waals surface area contributed by atoms with Crippen LogP contribution in [0, 0.1) is 13.8 Å². The number of benzene rings is 1. The third kappa shape index (κ3) is 3.61. The van der Waals surface area contributed by atoms with Crippen LogP contribution < -0.4 is 0 Å². The summed E-state index contributed by atoms with van der Waals surface area (Å²) in [5, 5.41) is 4.64. The van der Waals surface area contributed by atoms with E-state index < -0.39 is 0 Å². The van der Waals surface area contributed by atoms with Crippen molar-refractivity contribution in [3.05, 3.63) is 51.4 Å². The summed E-state index contributed by atoms with van der Waals surface area (Å²) in [5.74, 6) is 0.677. The molecule has 0 aliphatic carbocycles. The molecule has 0 bridgehead atoms. The van der Waals surface area contributed by atoms with Crippen molar-refractivity contribution in [1.82, 2.24) is 15.0 Å². The number of hydrogen-bond donors (Lipinski definition) is 0. The third-order valence-corrected chi connectivity index (χ3v) is 4.67. The van der Waals surface area contributed by atoms with E-state index in [4.69, 9.17) is 11.6 Å². The van der Waals surface area contributed by atoms with E-state index in [0.717, 1.165) is 31.3 Å². The number of aromatic nitrogens is 3. The molecule has 1 aromatic carbocycles. The van der Waals surface area contributed by atoms with Gasteiger partial charge >= 0.3 is 0 Å². The number of hydrogen-bond acceptors (Lipinski definition) is 5. The number of halogens is 1. The Balaban J connectivity index is 1.92. The summed E-state index contributed by atoms with van der Waals surface area (Å²) in [5.41, 5.74) is 1.77. The van der Waals surface area contributed by atoms with Crippen LogP contribution in [-0.2, 0) is 0 Å². The van der Waals surface area contributed by atoms with Crippen LogP contribution in [0.1, 0.15) is 10.7 Å². The number of rotatable bonds is 3. The second-order valence-electron chi connectivity index (χ2n) is 4.48. The van der Waals surface area contributed by atoms with Gasteiger partial charge in [-0.1, -0.05) is 23.4 Å². The molecule has 0 atom stereocenters.